The van der Waals surface area contributed by atoms with E-state index in [-0.39, 0.29) is 50.1 Å². The van der Waals surface area contributed by atoms with Gasteiger partial charge in [0.2, 0.25) is 11.8 Å². The number of amides is 2. The third kappa shape index (κ3) is 4.38. The number of rotatable bonds is 5. The standard InChI is InChI=1S/C18H21F2N3O5/c19-10-8-14(23-5-3-18(28,4-6-23)9-16(25)26)11(20)7-13(10)21-12-1-2-15(24)22-17(12)27/h7-8,12,21,28H,1-6,9H2,(H,25,26)(H,22,24,27). The lowest BCUT2D eigenvalue weighted by Crippen LogP contribution is -2.47. The Kier molecular flexibility index (Phi) is 5.50. The van der Waals surface area contributed by atoms with E-state index >= 15 is 0 Å². The second-order valence-corrected chi connectivity index (χ2v) is 7.21. The molecule has 3 rings (SSSR count). The van der Waals surface area contributed by atoms with Crippen LogP contribution in [0.2, 0.25) is 0 Å². The molecule has 10 heteroatoms. The number of aliphatic carboxylic acids is 1. The molecule has 0 radical (unpaired) electrons. The van der Waals surface area contributed by atoms with Crippen LogP contribution in [0, 0.1) is 11.6 Å². The fourth-order valence-electron chi connectivity index (χ4n) is 3.53. The average molecular weight is 397 g/mol. The van der Waals surface area contributed by atoms with E-state index in [1.165, 1.54) is 0 Å². The van der Waals surface area contributed by atoms with Crippen molar-refractivity contribution in [3.63, 3.8) is 0 Å². The molecule has 2 saturated heterocycles. The molecule has 0 aliphatic carbocycles. The summed E-state index contributed by atoms with van der Waals surface area (Å²) in [5.41, 5.74) is -1.54. The summed E-state index contributed by atoms with van der Waals surface area (Å²) in [5.74, 6) is -3.57. The zero-order valence-electron chi connectivity index (χ0n) is 15.0. The van der Waals surface area contributed by atoms with E-state index < -0.39 is 47.5 Å². The molecule has 8 nitrogen and oxygen atoms in total. The van der Waals surface area contributed by atoms with E-state index in [2.05, 4.69) is 10.6 Å². The molecule has 1 aromatic rings. The SMILES string of the molecule is O=C(O)CC1(O)CCN(c2cc(F)c(NC3CCC(=O)NC3=O)cc2F)CC1. The summed E-state index contributed by atoms with van der Waals surface area (Å²) >= 11 is 0. The Morgan fingerprint density at radius 3 is 2.54 bits per heavy atom. The highest BCUT2D eigenvalue weighted by Gasteiger charge is 2.35. The average Bonchev–Trinajstić information content (AvgIpc) is 2.60. The van der Waals surface area contributed by atoms with Gasteiger partial charge in [-0.25, -0.2) is 8.78 Å². The normalized spacial score (nSPS) is 22.0. The van der Waals surface area contributed by atoms with Crippen molar-refractivity contribution in [2.24, 2.45) is 0 Å². The van der Waals surface area contributed by atoms with Gasteiger partial charge in [-0.05, 0) is 19.3 Å². The molecular weight excluding hydrogens is 376 g/mol. The van der Waals surface area contributed by atoms with E-state index in [1.807, 2.05) is 0 Å². The molecule has 1 aromatic carbocycles. The molecule has 4 N–H and O–H groups in total. The number of hydrogen-bond acceptors (Lipinski definition) is 6. The maximum Gasteiger partial charge on any atom is 0.306 e. The van der Waals surface area contributed by atoms with Gasteiger partial charge in [-0.2, -0.15) is 0 Å². The van der Waals surface area contributed by atoms with Gasteiger partial charge in [0.15, 0.2) is 0 Å². The highest BCUT2D eigenvalue weighted by atomic mass is 19.1. The van der Waals surface area contributed by atoms with Crippen molar-refractivity contribution in [3.8, 4) is 0 Å². The fourth-order valence-corrected chi connectivity index (χ4v) is 3.53. The van der Waals surface area contributed by atoms with Crippen LogP contribution in [0.1, 0.15) is 32.1 Å². The number of carboxylic acid groups (broad SMARTS) is 1. The van der Waals surface area contributed by atoms with Gasteiger partial charge in [0.25, 0.3) is 0 Å². The summed E-state index contributed by atoms with van der Waals surface area (Å²) in [6, 6.07) is 1.12. The summed E-state index contributed by atoms with van der Waals surface area (Å²) in [6.45, 7) is 0.361. The van der Waals surface area contributed by atoms with Crippen molar-refractivity contribution in [1.29, 1.82) is 0 Å². The smallest absolute Gasteiger partial charge is 0.306 e. The van der Waals surface area contributed by atoms with Crippen molar-refractivity contribution in [2.75, 3.05) is 23.3 Å². The number of anilines is 2. The first-order valence-corrected chi connectivity index (χ1v) is 8.95. The van der Waals surface area contributed by atoms with Crippen LogP contribution < -0.4 is 15.5 Å². The summed E-state index contributed by atoms with van der Waals surface area (Å²) in [6.07, 6.45) is 0.139. The Balaban J connectivity index is 1.70. The number of nitrogens with one attached hydrogen (secondary N) is 2. The molecule has 2 heterocycles. The van der Waals surface area contributed by atoms with Gasteiger partial charge < -0.3 is 20.4 Å². The van der Waals surface area contributed by atoms with Crippen LogP contribution in [0.4, 0.5) is 20.2 Å². The predicted octanol–water partition coefficient (Wildman–Crippen LogP) is 0.988. The number of hydrogen-bond donors (Lipinski definition) is 4. The number of imide groups is 1. The molecule has 2 fully saturated rings. The van der Waals surface area contributed by atoms with E-state index in [4.69, 9.17) is 5.11 Å². The zero-order valence-corrected chi connectivity index (χ0v) is 15.0. The van der Waals surface area contributed by atoms with Gasteiger partial charge in [-0.1, -0.05) is 0 Å². The van der Waals surface area contributed by atoms with Crippen molar-refractivity contribution in [2.45, 2.75) is 43.7 Å². The highest BCUT2D eigenvalue weighted by Crippen LogP contribution is 2.32. The largest absolute Gasteiger partial charge is 0.481 e. The Bertz CT molecular complexity index is 809. The summed E-state index contributed by atoms with van der Waals surface area (Å²) in [4.78, 5) is 35.3. The third-order valence-corrected chi connectivity index (χ3v) is 5.12. The summed E-state index contributed by atoms with van der Waals surface area (Å²) in [7, 11) is 0. The Morgan fingerprint density at radius 2 is 1.93 bits per heavy atom. The molecule has 0 spiro atoms. The van der Waals surface area contributed by atoms with Crippen LogP contribution in [-0.4, -0.2) is 52.7 Å². The number of nitrogens with zero attached hydrogens (tertiary/aromatic N) is 1. The van der Waals surface area contributed by atoms with Crippen LogP contribution in [0.25, 0.3) is 0 Å². The lowest BCUT2D eigenvalue weighted by Gasteiger charge is -2.38. The Hall–Kier alpha value is -2.75. The topological polar surface area (TPSA) is 119 Å². The number of carbonyl (C=O) groups is 3. The van der Waals surface area contributed by atoms with Crippen LogP contribution in [0.3, 0.4) is 0 Å². The van der Waals surface area contributed by atoms with Crippen molar-refractivity contribution >= 4 is 29.2 Å². The second-order valence-electron chi connectivity index (χ2n) is 7.21. The number of aliphatic hydroxyl groups is 1. The summed E-state index contributed by atoms with van der Waals surface area (Å²) in [5, 5.41) is 23.9. The van der Waals surface area contributed by atoms with Crippen molar-refractivity contribution < 1.29 is 33.4 Å². The van der Waals surface area contributed by atoms with Gasteiger partial charge in [0.1, 0.15) is 17.7 Å². The van der Waals surface area contributed by atoms with Crippen molar-refractivity contribution in [1.82, 2.24) is 5.32 Å². The number of piperidine rings is 2. The molecule has 1 unspecified atom stereocenters. The summed E-state index contributed by atoms with van der Waals surface area (Å²) < 4.78 is 29.1. The van der Waals surface area contributed by atoms with Gasteiger partial charge in [0, 0.05) is 31.6 Å². The minimum absolute atomic E-state index is 0.00342. The van der Waals surface area contributed by atoms with Crippen LogP contribution in [0.5, 0.6) is 0 Å². The molecule has 2 aliphatic rings. The molecule has 0 aromatic heterocycles. The van der Waals surface area contributed by atoms with Gasteiger partial charge in [0.05, 0.1) is 23.4 Å². The predicted molar refractivity (Wildman–Crippen MR) is 94.8 cm³/mol. The first kappa shape index (κ1) is 20.0. The molecule has 2 amide bonds. The first-order chi connectivity index (χ1) is 13.2. The number of carboxylic acids is 1. The van der Waals surface area contributed by atoms with Gasteiger partial charge in [-0.3, -0.25) is 19.7 Å². The van der Waals surface area contributed by atoms with E-state index in [0.717, 1.165) is 12.1 Å². The molecule has 0 saturated carbocycles. The maximum atomic E-state index is 14.6. The molecule has 152 valence electrons. The van der Waals surface area contributed by atoms with Crippen LogP contribution >= 0.6 is 0 Å². The molecular formula is C18H21F2N3O5. The first-order valence-electron chi connectivity index (χ1n) is 8.95. The number of benzene rings is 1. The van der Waals surface area contributed by atoms with Gasteiger partial charge in [-0.15, -0.1) is 0 Å². The van der Waals surface area contributed by atoms with E-state index in [9.17, 15) is 28.3 Å². The Morgan fingerprint density at radius 1 is 1.25 bits per heavy atom. The highest BCUT2D eigenvalue weighted by molar-refractivity contribution is 6.01. The molecule has 1 atom stereocenters. The quantitative estimate of drug-likeness (QED) is 0.547. The third-order valence-electron chi connectivity index (χ3n) is 5.12. The monoisotopic (exact) mass is 397 g/mol. The van der Waals surface area contributed by atoms with Crippen LogP contribution in [0.15, 0.2) is 12.1 Å². The minimum atomic E-state index is -1.36. The Labute approximate surface area is 159 Å². The maximum absolute atomic E-state index is 14.6. The number of halogens is 2. The van der Waals surface area contributed by atoms with E-state index in [0.29, 0.717) is 0 Å². The lowest BCUT2D eigenvalue weighted by atomic mass is 9.88. The second kappa shape index (κ2) is 7.70. The number of carbonyl (C=O) groups excluding carboxylic acids is 2. The molecule has 0 bridgehead atoms. The lowest BCUT2D eigenvalue weighted by molar-refractivity contribution is -0.143. The van der Waals surface area contributed by atoms with E-state index in [1.54, 1.807) is 4.90 Å². The minimum Gasteiger partial charge on any atom is -0.481 e. The zero-order chi connectivity index (χ0) is 20.5. The molecule has 28 heavy (non-hydrogen) atoms. The fraction of sp³-hybridized carbons (Fsp3) is 0.500. The van der Waals surface area contributed by atoms with Gasteiger partial charge >= 0.3 is 5.97 Å². The van der Waals surface area contributed by atoms with Crippen LogP contribution in [-0.2, 0) is 14.4 Å². The van der Waals surface area contributed by atoms with Crippen molar-refractivity contribution in [3.05, 3.63) is 23.8 Å². The molecule has 2 aliphatic heterocycles.